The first-order valence-electron chi connectivity index (χ1n) is 9.45. The normalized spacial score (nSPS) is 10.8. The Morgan fingerprint density at radius 3 is 2.37 bits per heavy atom. The van der Waals surface area contributed by atoms with E-state index in [9.17, 15) is 23.9 Å². The molecule has 156 valence electrons. The molecule has 0 aliphatic heterocycles. The van der Waals surface area contributed by atoms with Gasteiger partial charge in [0.1, 0.15) is 11.4 Å². The van der Waals surface area contributed by atoms with Crippen LogP contribution >= 0.6 is 0 Å². The van der Waals surface area contributed by atoms with Gasteiger partial charge in [-0.1, -0.05) is 30.3 Å². The third-order valence-electron chi connectivity index (χ3n) is 4.52. The largest absolute Gasteiger partial charge is 0.477 e. The van der Waals surface area contributed by atoms with Crippen molar-refractivity contribution in [1.29, 1.82) is 0 Å². The van der Waals surface area contributed by atoms with Crippen molar-refractivity contribution < 1.29 is 19.0 Å². The molecule has 0 saturated carbocycles. The van der Waals surface area contributed by atoms with Gasteiger partial charge < -0.3 is 9.84 Å². The fourth-order valence-corrected chi connectivity index (χ4v) is 2.98. The first-order chi connectivity index (χ1) is 14.5. The highest BCUT2D eigenvalue weighted by molar-refractivity contribution is 5.86. The summed E-state index contributed by atoms with van der Waals surface area (Å²) in [5, 5.41) is 9.34. The lowest BCUT2D eigenvalue weighted by molar-refractivity contribution is 0.0693. The monoisotopic (exact) mass is 412 g/mol. The van der Waals surface area contributed by atoms with Crippen LogP contribution in [0.5, 0.6) is 0 Å². The van der Waals surface area contributed by atoms with Gasteiger partial charge >= 0.3 is 11.7 Å². The Labute approximate surface area is 171 Å². The summed E-state index contributed by atoms with van der Waals surface area (Å²) in [5.74, 6) is -1.96. The maximum absolute atomic E-state index is 13.2. The number of aryl methyl sites for hydroxylation is 1. The third-order valence-corrected chi connectivity index (χ3v) is 4.52. The average molecular weight is 412 g/mol. The van der Waals surface area contributed by atoms with Gasteiger partial charge in [0.25, 0.3) is 5.56 Å². The van der Waals surface area contributed by atoms with E-state index in [0.717, 1.165) is 28.5 Å². The first-order valence-corrected chi connectivity index (χ1v) is 9.45. The van der Waals surface area contributed by atoms with Gasteiger partial charge in [0.05, 0.1) is 12.3 Å². The highest BCUT2D eigenvalue weighted by atomic mass is 19.1. The quantitative estimate of drug-likeness (QED) is 0.546. The summed E-state index contributed by atoms with van der Waals surface area (Å²) < 4.78 is 20.7. The lowest BCUT2D eigenvalue weighted by Gasteiger charge is -2.12. The van der Waals surface area contributed by atoms with Crippen LogP contribution < -0.4 is 11.2 Å². The van der Waals surface area contributed by atoms with E-state index in [0.29, 0.717) is 26.1 Å². The number of unbranched alkanes of at least 4 members (excludes halogenated alkanes) is 1. The standard InChI is InChI=1S/C22H21FN2O5/c23-17-8-10-18(11-9-17)25-20(26)19(21(27)28)14-24(22(25)29)12-4-5-13-30-15-16-6-2-1-3-7-16/h1-3,6-11,14H,4-5,12-13,15H2,(H,27,28). The van der Waals surface area contributed by atoms with Crippen LogP contribution in [0.4, 0.5) is 4.39 Å². The van der Waals surface area contributed by atoms with E-state index in [-0.39, 0.29) is 12.2 Å². The van der Waals surface area contributed by atoms with Crippen molar-refractivity contribution in [3.05, 3.63) is 98.6 Å². The van der Waals surface area contributed by atoms with Crippen molar-refractivity contribution in [2.24, 2.45) is 0 Å². The van der Waals surface area contributed by atoms with Crippen molar-refractivity contribution in [2.45, 2.75) is 26.0 Å². The van der Waals surface area contributed by atoms with E-state index in [1.54, 1.807) is 0 Å². The molecule has 0 atom stereocenters. The summed E-state index contributed by atoms with van der Waals surface area (Å²) in [6, 6.07) is 14.4. The van der Waals surface area contributed by atoms with Crippen LogP contribution in [-0.2, 0) is 17.9 Å². The number of hydrogen-bond donors (Lipinski definition) is 1. The number of carboxylic acids is 1. The Bertz CT molecular complexity index is 1120. The molecular formula is C22H21FN2O5. The van der Waals surface area contributed by atoms with Gasteiger partial charge in [-0.15, -0.1) is 0 Å². The zero-order valence-electron chi connectivity index (χ0n) is 16.2. The molecule has 3 rings (SSSR count). The van der Waals surface area contributed by atoms with Crippen molar-refractivity contribution in [1.82, 2.24) is 9.13 Å². The molecule has 7 nitrogen and oxygen atoms in total. The van der Waals surface area contributed by atoms with Crippen LogP contribution in [0.3, 0.4) is 0 Å². The molecule has 0 bridgehead atoms. The average Bonchev–Trinajstić information content (AvgIpc) is 2.74. The van der Waals surface area contributed by atoms with Crippen LogP contribution in [-0.4, -0.2) is 26.8 Å². The zero-order chi connectivity index (χ0) is 21.5. The van der Waals surface area contributed by atoms with Gasteiger partial charge in [0.2, 0.25) is 0 Å². The molecule has 0 spiro atoms. The maximum atomic E-state index is 13.2. The Hall–Kier alpha value is -3.52. The van der Waals surface area contributed by atoms with Crippen molar-refractivity contribution in [3.63, 3.8) is 0 Å². The van der Waals surface area contributed by atoms with Gasteiger partial charge in [-0.25, -0.2) is 18.5 Å². The number of aromatic nitrogens is 2. The zero-order valence-corrected chi connectivity index (χ0v) is 16.2. The Balaban J connectivity index is 1.71. The van der Waals surface area contributed by atoms with E-state index in [1.165, 1.54) is 16.7 Å². The van der Waals surface area contributed by atoms with Gasteiger partial charge in [-0.05, 0) is 42.7 Å². The number of aromatic carboxylic acids is 1. The highest BCUT2D eigenvalue weighted by Crippen LogP contribution is 2.06. The lowest BCUT2D eigenvalue weighted by Crippen LogP contribution is -2.41. The van der Waals surface area contributed by atoms with Gasteiger partial charge in [-0.2, -0.15) is 0 Å². The fourth-order valence-electron chi connectivity index (χ4n) is 2.98. The van der Waals surface area contributed by atoms with Crippen molar-refractivity contribution >= 4 is 5.97 Å². The number of benzene rings is 2. The molecule has 1 N–H and O–H groups in total. The van der Waals surface area contributed by atoms with Crippen LogP contribution in [0, 0.1) is 5.82 Å². The van der Waals surface area contributed by atoms with Crippen LogP contribution in [0.25, 0.3) is 5.69 Å². The second-order valence-corrected chi connectivity index (χ2v) is 6.69. The van der Waals surface area contributed by atoms with Crippen LogP contribution in [0.2, 0.25) is 0 Å². The third kappa shape index (κ3) is 5.09. The summed E-state index contributed by atoms with van der Waals surface area (Å²) in [7, 11) is 0. The minimum absolute atomic E-state index is 0.106. The molecule has 0 saturated heterocycles. The molecule has 0 aliphatic rings. The summed E-state index contributed by atoms with van der Waals surface area (Å²) in [6.07, 6.45) is 2.25. The first kappa shape index (κ1) is 21.2. The van der Waals surface area contributed by atoms with Gasteiger partial charge in [0, 0.05) is 19.3 Å². The maximum Gasteiger partial charge on any atom is 0.342 e. The molecule has 2 aromatic carbocycles. The van der Waals surface area contributed by atoms with E-state index < -0.39 is 28.6 Å². The van der Waals surface area contributed by atoms with Gasteiger partial charge in [0.15, 0.2) is 0 Å². The van der Waals surface area contributed by atoms with Crippen molar-refractivity contribution in [2.75, 3.05) is 6.61 Å². The highest BCUT2D eigenvalue weighted by Gasteiger charge is 2.17. The van der Waals surface area contributed by atoms with E-state index in [1.807, 2.05) is 30.3 Å². The Kier molecular flexibility index (Phi) is 6.92. The summed E-state index contributed by atoms with van der Waals surface area (Å²) in [6.45, 7) is 1.18. The molecule has 0 aliphatic carbocycles. The van der Waals surface area contributed by atoms with E-state index in [4.69, 9.17) is 4.74 Å². The Morgan fingerprint density at radius 2 is 1.70 bits per heavy atom. The van der Waals surface area contributed by atoms with Gasteiger partial charge in [-0.3, -0.25) is 9.36 Å². The second kappa shape index (κ2) is 9.80. The molecule has 1 heterocycles. The molecule has 0 unspecified atom stereocenters. The lowest BCUT2D eigenvalue weighted by atomic mass is 10.2. The number of carbonyl (C=O) groups is 1. The molecule has 0 fully saturated rings. The predicted molar refractivity (Wildman–Crippen MR) is 109 cm³/mol. The molecule has 3 aromatic rings. The number of nitrogens with zero attached hydrogens (tertiary/aromatic N) is 2. The minimum atomic E-state index is -1.43. The predicted octanol–water partition coefficient (Wildman–Crippen LogP) is 2.83. The number of halogens is 1. The second-order valence-electron chi connectivity index (χ2n) is 6.69. The smallest absolute Gasteiger partial charge is 0.342 e. The molecule has 0 amide bonds. The van der Waals surface area contributed by atoms with E-state index in [2.05, 4.69) is 0 Å². The number of carboxylic acid groups (broad SMARTS) is 1. The topological polar surface area (TPSA) is 90.5 Å². The van der Waals surface area contributed by atoms with Crippen LogP contribution in [0.1, 0.15) is 28.8 Å². The Morgan fingerprint density at radius 1 is 1.00 bits per heavy atom. The molecule has 1 aromatic heterocycles. The summed E-state index contributed by atoms with van der Waals surface area (Å²) >= 11 is 0. The molecule has 8 heteroatoms. The van der Waals surface area contributed by atoms with Crippen LogP contribution in [0.15, 0.2) is 70.4 Å². The summed E-state index contributed by atoms with van der Waals surface area (Å²) in [4.78, 5) is 36.7. The molecule has 0 radical (unpaired) electrons. The molecular weight excluding hydrogens is 391 g/mol. The SMILES string of the molecule is O=C(O)c1cn(CCCCOCc2ccccc2)c(=O)n(-c2ccc(F)cc2)c1=O. The number of hydrogen-bond acceptors (Lipinski definition) is 4. The fraction of sp³-hybridized carbons (Fsp3) is 0.227. The van der Waals surface area contributed by atoms with Crippen molar-refractivity contribution in [3.8, 4) is 5.69 Å². The number of rotatable bonds is 9. The molecule has 30 heavy (non-hydrogen) atoms. The summed E-state index contributed by atoms with van der Waals surface area (Å²) in [5.41, 5.74) is -0.997. The van der Waals surface area contributed by atoms with E-state index >= 15 is 0 Å². The minimum Gasteiger partial charge on any atom is -0.477 e. The number of ether oxygens (including phenoxy) is 1.